The van der Waals surface area contributed by atoms with Crippen LogP contribution in [0.4, 0.5) is 10.5 Å². The number of amides is 2. The van der Waals surface area contributed by atoms with Gasteiger partial charge in [-0.3, -0.25) is 0 Å². The molecule has 1 heterocycles. The smallest absolute Gasteiger partial charge is 0.319 e. The number of benzene rings is 2. The summed E-state index contributed by atoms with van der Waals surface area (Å²) in [6.07, 6.45) is 0. The molecule has 0 radical (unpaired) electrons. The lowest BCUT2D eigenvalue weighted by Gasteiger charge is -2.19. The molecule has 0 saturated heterocycles. The zero-order valence-corrected chi connectivity index (χ0v) is 14.6. The molecule has 138 valence electrons. The minimum atomic E-state index is -0.308. The third kappa shape index (κ3) is 4.95. The standard InChI is InChI=1S/C19H22N2O5/c1-2-23-15-4-6-16(7-5-15)24-10-9-20-19(22)21-14-3-8-17-18(13-14)26-12-11-25-17/h3-8,13H,2,9-12H2,1H3,(H2,20,21,22). The van der Waals surface area contributed by atoms with E-state index in [0.29, 0.717) is 50.2 Å². The van der Waals surface area contributed by atoms with E-state index in [1.165, 1.54) is 0 Å². The first-order valence-corrected chi connectivity index (χ1v) is 8.55. The van der Waals surface area contributed by atoms with E-state index in [1.54, 1.807) is 18.2 Å². The van der Waals surface area contributed by atoms with Crippen LogP contribution < -0.4 is 29.6 Å². The number of hydrogen-bond donors (Lipinski definition) is 2. The van der Waals surface area contributed by atoms with E-state index in [9.17, 15) is 4.79 Å². The van der Waals surface area contributed by atoms with Crippen molar-refractivity contribution in [2.45, 2.75) is 6.92 Å². The first-order chi connectivity index (χ1) is 12.7. The average molecular weight is 358 g/mol. The number of fused-ring (bicyclic) bond motifs is 1. The second-order valence-corrected chi connectivity index (χ2v) is 5.49. The molecule has 2 N–H and O–H groups in total. The summed E-state index contributed by atoms with van der Waals surface area (Å²) in [7, 11) is 0. The quantitative estimate of drug-likeness (QED) is 0.744. The van der Waals surface area contributed by atoms with Crippen LogP contribution in [0.2, 0.25) is 0 Å². The first-order valence-electron chi connectivity index (χ1n) is 8.55. The van der Waals surface area contributed by atoms with Gasteiger partial charge in [-0.15, -0.1) is 0 Å². The number of carbonyl (C=O) groups excluding carboxylic acids is 1. The molecule has 0 atom stereocenters. The number of hydrogen-bond acceptors (Lipinski definition) is 5. The Hall–Kier alpha value is -3.09. The zero-order valence-electron chi connectivity index (χ0n) is 14.6. The van der Waals surface area contributed by atoms with Crippen molar-refractivity contribution in [2.24, 2.45) is 0 Å². The summed E-state index contributed by atoms with van der Waals surface area (Å²) >= 11 is 0. The van der Waals surface area contributed by atoms with Crippen LogP contribution in [-0.2, 0) is 0 Å². The molecule has 2 aromatic rings. The maximum absolute atomic E-state index is 11.9. The van der Waals surface area contributed by atoms with Gasteiger partial charge in [-0.25, -0.2) is 4.79 Å². The van der Waals surface area contributed by atoms with Crippen molar-refractivity contribution >= 4 is 11.7 Å². The highest BCUT2D eigenvalue weighted by atomic mass is 16.6. The lowest BCUT2D eigenvalue weighted by Crippen LogP contribution is -2.32. The summed E-state index contributed by atoms with van der Waals surface area (Å²) in [6.45, 7) is 4.35. The van der Waals surface area contributed by atoms with Gasteiger partial charge in [-0.2, -0.15) is 0 Å². The molecule has 7 nitrogen and oxygen atoms in total. The number of nitrogens with one attached hydrogen (secondary N) is 2. The number of carbonyl (C=O) groups is 1. The molecule has 1 aliphatic heterocycles. The van der Waals surface area contributed by atoms with Crippen molar-refractivity contribution in [1.82, 2.24) is 5.32 Å². The number of ether oxygens (including phenoxy) is 4. The zero-order chi connectivity index (χ0) is 18.2. The van der Waals surface area contributed by atoms with Gasteiger partial charge in [-0.1, -0.05) is 0 Å². The fourth-order valence-electron chi connectivity index (χ4n) is 2.43. The van der Waals surface area contributed by atoms with Gasteiger partial charge in [0, 0.05) is 11.8 Å². The minimum Gasteiger partial charge on any atom is -0.494 e. The Morgan fingerprint density at radius 1 is 1.00 bits per heavy atom. The maximum atomic E-state index is 11.9. The Kier molecular flexibility index (Phi) is 6.03. The van der Waals surface area contributed by atoms with E-state index in [-0.39, 0.29) is 6.03 Å². The van der Waals surface area contributed by atoms with Crippen molar-refractivity contribution in [3.8, 4) is 23.0 Å². The van der Waals surface area contributed by atoms with Crippen LogP contribution >= 0.6 is 0 Å². The van der Waals surface area contributed by atoms with Gasteiger partial charge in [0.15, 0.2) is 11.5 Å². The van der Waals surface area contributed by atoms with Gasteiger partial charge in [-0.05, 0) is 43.3 Å². The lowest BCUT2D eigenvalue weighted by atomic mass is 10.2. The maximum Gasteiger partial charge on any atom is 0.319 e. The summed E-state index contributed by atoms with van der Waals surface area (Å²) in [5.74, 6) is 2.85. The fraction of sp³-hybridized carbons (Fsp3) is 0.316. The van der Waals surface area contributed by atoms with Crippen LogP contribution in [0.3, 0.4) is 0 Å². The molecule has 0 fully saturated rings. The van der Waals surface area contributed by atoms with E-state index in [0.717, 1.165) is 11.5 Å². The van der Waals surface area contributed by atoms with Gasteiger partial charge in [0.2, 0.25) is 0 Å². The van der Waals surface area contributed by atoms with Crippen LogP contribution in [0.15, 0.2) is 42.5 Å². The minimum absolute atomic E-state index is 0.308. The van der Waals surface area contributed by atoms with E-state index >= 15 is 0 Å². The number of anilines is 1. The molecule has 2 aromatic carbocycles. The van der Waals surface area contributed by atoms with Gasteiger partial charge in [0.05, 0.1) is 13.2 Å². The normalized spacial score (nSPS) is 12.2. The molecule has 7 heteroatoms. The highest BCUT2D eigenvalue weighted by molar-refractivity contribution is 5.89. The summed E-state index contributed by atoms with van der Waals surface area (Å²) < 4.78 is 21.9. The van der Waals surface area contributed by atoms with Gasteiger partial charge >= 0.3 is 6.03 Å². The predicted octanol–water partition coefficient (Wildman–Crippen LogP) is 3.06. The van der Waals surface area contributed by atoms with Crippen LogP contribution in [0.25, 0.3) is 0 Å². The molecule has 0 saturated carbocycles. The molecule has 26 heavy (non-hydrogen) atoms. The third-order valence-electron chi connectivity index (χ3n) is 3.59. The summed E-state index contributed by atoms with van der Waals surface area (Å²) in [5.41, 5.74) is 0.638. The van der Waals surface area contributed by atoms with Crippen molar-refractivity contribution in [1.29, 1.82) is 0 Å². The molecule has 3 rings (SSSR count). The highest BCUT2D eigenvalue weighted by Gasteiger charge is 2.12. The van der Waals surface area contributed by atoms with E-state index in [4.69, 9.17) is 18.9 Å². The molecule has 0 unspecified atom stereocenters. The molecule has 2 amide bonds. The Labute approximate surface area is 152 Å². The Morgan fingerprint density at radius 2 is 1.69 bits per heavy atom. The van der Waals surface area contributed by atoms with Gasteiger partial charge in [0.1, 0.15) is 31.3 Å². The van der Waals surface area contributed by atoms with Crippen LogP contribution in [-0.4, -0.2) is 39.0 Å². The SMILES string of the molecule is CCOc1ccc(OCCNC(=O)Nc2ccc3c(c2)OCCO3)cc1. The molecular weight excluding hydrogens is 336 g/mol. The highest BCUT2D eigenvalue weighted by Crippen LogP contribution is 2.32. The molecule has 0 spiro atoms. The second kappa shape index (κ2) is 8.84. The average Bonchev–Trinajstić information content (AvgIpc) is 2.67. The largest absolute Gasteiger partial charge is 0.494 e. The van der Waals surface area contributed by atoms with Crippen LogP contribution in [0.5, 0.6) is 23.0 Å². The van der Waals surface area contributed by atoms with Crippen molar-refractivity contribution in [3.05, 3.63) is 42.5 Å². The van der Waals surface area contributed by atoms with Crippen molar-refractivity contribution in [2.75, 3.05) is 38.3 Å². The lowest BCUT2D eigenvalue weighted by molar-refractivity contribution is 0.171. The van der Waals surface area contributed by atoms with Crippen LogP contribution in [0.1, 0.15) is 6.92 Å². The first kappa shape index (κ1) is 17.7. The van der Waals surface area contributed by atoms with Crippen molar-refractivity contribution < 1.29 is 23.7 Å². The number of urea groups is 1. The van der Waals surface area contributed by atoms with Crippen LogP contribution in [0, 0.1) is 0 Å². The van der Waals surface area contributed by atoms with E-state index in [1.807, 2.05) is 31.2 Å². The number of rotatable bonds is 7. The Morgan fingerprint density at radius 3 is 2.42 bits per heavy atom. The molecule has 0 aromatic heterocycles. The van der Waals surface area contributed by atoms with Gasteiger partial charge < -0.3 is 29.6 Å². The molecule has 1 aliphatic rings. The molecule has 0 aliphatic carbocycles. The summed E-state index contributed by atoms with van der Waals surface area (Å²) in [5, 5.41) is 5.50. The second-order valence-electron chi connectivity index (χ2n) is 5.49. The fourth-order valence-corrected chi connectivity index (χ4v) is 2.43. The topological polar surface area (TPSA) is 78.1 Å². The summed E-state index contributed by atoms with van der Waals surface area (Å²) in [4.78, 5) is 11.9. The Bertz CT molecular complexity index is 733. The van der Waals surface area contributed by atoms with Gasteiger partial charge in [0.25, 0.3) is 0 Å². The molecule has 0 bridgehead atoms. The Balaban J connectivity index is 1.39. The van der Waals surface area contributed by atoms with E-state index in [2.05, 4.69) is 10.6 Å². The monoisotopic (exact) mass is 358 g/mol. The summed E-state index contributed by atoms with van der Waals surface area (Å²) in [6, 6.07) is 12.3. The third-order valence-corrected chi connectivity index (χ3v) is 3.59. The van der Waals surface area contributed by atoms with E-state index < -0.39 is 0 Å². The predicted molar refractivity (Wildman–Crippen MR) is 97.6 cm³/mol. The molecular formula is C19H22N2O5. The van der Waals surface area contributed by atoms with Crippen molar-refractivity contribution in [3.63, 3.8) is 0 Å².